The Balaban J connectivity index is 0.000000187. The number of aromatic nitrogens is 1. The molecule has 30 heavy (non-hydrogen) atoms. The molecule has 0 atom stereocenters. The lowest BCUT2D eigenvalue weighted by Gasteiger charge is -1.94. The summed E-state index contributed by atoms with van der Waals surface area (Å²) in [7, 11) is 0. The highest BCUT2D eigenvalue weighted by atomic mass is 14.9. The first-order valence-corrected chi connectivity index (χ1v) is 10.0. The molecule has 0 unspecified atom stereocenters. The topological polar surface area (TPSA) is 73.7 Å². The fraction of sp³-hybridized carbons (Fsp3) is 0.208. The fourth-order valence-corrected chi connectivity index (χ4v) is 1.90. The van der Waals surface area contributed by atoms with E-state index < -0.39 is 0 Å². The molecule has 0 aromatic carbocycles. The van der Waals surface area contributed by atoms with E-state index in [1.54, 1.807) is 18.6 Å². The number of allylic oxidation sites excluding steroid dienone is 5. The van der Waals surface area contributed by atoms with Gasteiger partial charge in [0.05, 0.1) is 0 Å². The van der Waals surface area contributed by atoms with Gasteiger partial charge in [-0.2, -0.15) is 0 Å². The Kier molecular flexibility index (Phi) is 17.6. The minimum Gasteiger partial charge on any atom is -0.387 e. The predicted octanol–water partition coefficient (Wildman–Crippen LogP) is 4.24. The predicted molar refractivity (Wildman–Crippen MR) is 129 cm³/mol. The van der Waals surface area contributed by atoms with Crippen molar-refractivity contribution in [3.05, 3.63) is 104 Å². The molecule has 4 aliphatic rings. The zero-order valence-electron chi connectivity index (χ0n) is 17.3. The van der Waals surface area contributed by atoms with Gasteiger partial charge in [0.1, 0.15) is 0 Å². The van der Waals surface area contributed by atoms with E-state index in [9.17, 15) is 0 Å². The van der Waals surface area contributed by atoms with Gasteiger partial charge in [-0.25, -0.2) is 0 Å². The van der Waals surface area contributed by atoms with E-state index in [0.29, 0.717) is 0 Å². The van der Waals surface area contributed by atoms with Gasteiger partial charge < -0.3 is 16.0 Å². The first-order chi connectivity index (χ1) is 15.0. The number of dihydropyridines is 2. The Morgan fingerprint density at radius 1 is 0.600 bits per heavy atom. The Hall–Kier alpha value is -3.67. The highest BCUT2D eigenvalue weighted by molar-refractivity contribution is 5.61. The van der Waals surface area contributed by atoms with E-state index in [2.05, 4.69) is 55.2 Å². The van der Waals surface area contributed by atoms with E-state index >= 15 is 0 Å². The molecule has 1 aromatic heterocycles. The number of pyridine rings is 1. The van der Waals surface area contributed by atoms with Crippen molar-refractivity contribution in [3.63, 3.8) is 0 Å². The second-order valence-electron chi connectivity index (χ2n) is 5.78. The molecule has 1 aromatic rings. The molecule has 5 rings (SSSR count). The summed E-state index contributed by atoms with van der Waals surface area (Å²) in [5, 5.41) is 8.90. The van der Waals surface area contributed by atoms with Gasteiger partial charge in [0, 0.05) is 56.5 Å². The third-order valence-electron chi connectivity index (χ3n) is 3.32. The third kappa shape index (κ3) is 19.1. The molecule has 6 nitrogen and oxygen atoms in total. The van der Waals surface area contributed by atoms with Crippen molar-refractivity contribution >= 4 is 12.4 Å². The zero-order chi connectivity index (χ0) is 21.2. The number of rotatable bonds is 0. The molecule has 0 saturated heterocycles. The molecule has 6 heteroatoms. The standard InChI is InChI=1S/3C5H7N.C5H5N.C4H6N2/c4*1-2-4-6-5-3-1;1-2-6-4-3-5-1/h2,4-5H,1,3H2;2-6H,1H2;1-4,6H,5H2;1-5H;1-3,6H,4H2. The number of aliphatic imine (C=N–C) groups is 2. The molecule has 0 aliphatic carbocycles. The number of hydrogen-bond acceptors (Lipinski definition) is 6. The first-order valence-electron chi connectivity index (χ1n) is 10.0. The van der Waals surface area contributed by atoms with E-state index in [4.69, 9.17) is 0 Å². The number of nitrogens with one attached hydrogen (secondary N) is 3. The molecule has 3 N–H and O–H groups in total. The molecule has 0 bridgehead atoms. The van der Waals surface area contributed by atoms with Crippen molar-refractivity contribution in [2.24, 2.45) is 9.98 Å². The Bertz CT molecular complexity index is 588. The largest absolute Gasteiger partial charge is 0.387 e. The van der Waals surface area contributed by atoms with Crippen molar-refractivity contribution < 1.29 is 0 Å². The van der Waals surface area contributed by atoms with E-state index in [1.807, 2.05) is 73.8 Å². The quantitative estimate of drug-likeness (QED) is 0.605. The second-order valence-corrected chi connectivity index (χ2v) is 5.78. The van der Waals surface area contributed by atoms with Crippen LogP contribution in [0.2, 0.25) is 0 Å². The molecule has 158 valence electrons. The Morgan fingerprint density at radius 3 is 1.57 bits per heavy atom. The van der Waals surface area contributed by atoms with Crippen LogP contribution in [0.25, 0.3) is 0 Å². The van der Waals surface area contributed by atoms with Crippen LogP contribution in [-0.4, -0.2) is 30.5 Å². The van der Waals surface area contributed by atoms with Crippen molar-refractivity contribution in [1.82, 2.24) is 20.9 Å². The van der Waals surface area contributed by atoms with Crippen LogP contribution in [0.5, 0.6) is 0 Å². The first kappa shape index (κ1) is 24.4. The van der Waals surface area contributed by atoms with Crippen LogP contribution in [0, 0.1) is 0 Å². The summed E-state index contributed by atoms with van der Waals surface area (Å²) in [6.07, 6.45) is 34.1. The van der Waals surface area contributed by atoms with Gasteiger partial charge in [-0.05, 0) is 56.1 Å². The van der Waals surface area contributed by atoms with Gasteiger partial charge in [0.25, 0.3) is 0 Å². The molecule has 0 amide bonds. The summed E-state index contributed by atoms with van der Waals surface area (Å²) >= 11 is 0. The summed E-state index contributed by atoms with van der Waals surface area (Å²) in [5.74, 6) is 0. The van der Waals surface area contributed by atoms with Crippen LogP contribution in [-0.2, 0) is 0 Å². The maximum absolute atomic E-state index is 3.87. The normalized spacial score (nSPS) is 15.7. The van der Waals surface area contributed by atoms with Gasteiger partial charge in [0.15, 0.2) is 0 Å². The lowest BCUT2D eigenvalue weighted by atomic mass is 10.3. The monoisotopic (exact) mass is 404 g/mol. The molecular weight excluding hydrogens is 372 g/mol. The van der Waals surface area contributed by atoms with E-state index in [-0.39, 0.29) is 0 Å². The van der Waals surface area contributed by atoms with Crippen LogP contribution >= 0.6 is 0 Å². The summed E-state index contributed by atoms with van der Waals surface area (Å²) in [5.41, 5.74) is 0. The van der Waals surface area contributed by atoms with E-state index in [1.165, 1.54) is 6.42 Å². The van der Waals surface area contributed by atoms with E-state index in [0.717, 1.165) is 25.9 Å². The summed E-state index contributed by atoms with van der Waals surface area (Å²) in [6, 6.07) is 5.72. The maximum atomic E-state index is 3.87. The van der Waals surface area contributed by atoms with Crippen molar-refractivity contribution in [2.45, 2.75) is 19.3 Å². The minimum atomic E-state index is 0.872. The average Bonchev–Trinajstić information content (AvgIpc) is 2.91. The summed E-state index contributed by atoms with van der Waals surface area (Å²) in [6.45, 7) is 1.85. The van der Waals surface area contributed by atoms with Crippen LogP contribution in [0.4, 0.5) is 0 Å². The number of nitrogens with zero attached hydrogens (tertiary/aromatic N) is 3. The lowest BCUT2D eigenvalue weighted by molar-refractivity contribution is 0.972. The Morgan fingerprint density at radius 2 is 1.40 bits per heavy atom. The van der Waals surface area contributed by atoms with Crippen LogP contribution in [0.3, 0.4) is 0 Å². The summed E-state index contributed by atoms with van der Waals surface area (Å²) < 4.78 is 0. The zero-order valence-corrected chi connectivity index (χ0v) is 17.3. The number of hydrogen-bond donors (Lipinski definition) is 3. The fourth-order valence-electron chi connectivity index (χ4n) is 1.90. The highest BCUT2D eigenvalue weighted by Gasteiger charge is 1.78. The molecule has 5 heterocycles. The molecule has 0 fully saturated rings. The van der Waals surface area contributed by atoms with Gasteiger partial charge in [-0.3, -0.25) is 15.0 Å². The molecule has 0 spiro atoms. The summed E-state index contributed by atoms with van der Waals surface area (Å²) in [4.78, 5) is 11.5. The van der Waals surface area contributed by atoms with Gasteiger partial charge in [-0.1, -0.05) is 36.4 Å². The van der Waals surface area contributed by atoms with Gasteiger partial charge >= 0.3 is 0 Å². The third-order valence-corrected chi connectivity index (χ3v) is 3.32. The van der Waals surface area contributed by atoms with Crippen molar-refractivity contribution in [1.29, 1.82) is 0 Å². The van der Waals surface area contributed by atoms with Gasteiger partial charge in [-0.15, -0.1) is 0 Å². The van der Waals surface area contributed by atoms with Crippen LogP contribution in [0.15, 0.2) is 114 Å². The van der Waals surface area contributed by atoms with Crippen molar-refractivity contribution in [2.75, 3.05) is 13.1 Å². The SMILES string of the molecule is C1=CCNC=C1.C1=CN=CCC1.C1=CNC=CC1.C1=CNCC=N1.c1ccncc1. The molecule has 0 radical (unpaired) electrons. The highest BCUT2D eigenvalue weighted by Crippen LogP contribution is 1.93. The average molecular weight is 405 g/mol. The molecule has 0 saturated carbocycles. The minimum absolute atomic E-state index is 0.872. The Labute approximate surface area is 180 Å². The van der Waals surface area contributed by atoms with Crippen LogP contribution in [0.1, 0.15) is 19.3 Å². The lowest BCUT2D eigenvalue weighted by Crippen LogP contribution is -2.09. The second kappa shape index (κ2) is 21.6. The molecule has 4 aliphatic heterocycles. The van der Waals surface area contributed by atoms with Crippen LogP contribution < -0.4 is 16.0 Å². The van der Waals surface area contributed by atoms with Gasteiger partial charge in [0.2, 0.25) is 0 Å². The van der Waals surface area contributed by atoms with Crippen molar-refractivity contribution in [3.8, 4) is 0 Å². The molecular formula is C24H32N6. The smallest absolute Gasteiger partial charge is 0.0498 e. The maximum Gasteiger partial charge on any atom is 0.0498 e.